The molecule has 2 aromatic heterocycles. The Labute approximate surface area is 142 Å². The summed E-state index contributed by atoms with van der Waals surface area (Å²) >= 11 is 0. The summed E-state index contributed by atoms with van der Waals surface area (Å²) in [6.07, 6.45) is 1.32. The van der Waals surface area contributed by atoms with E-state index in [1.807, 2.05) is 6.92 Å². The summed E-state index contributed by atoms with van der Waals surface area (Å²) in [7, 11) is 0. The van der Waals surface area contributed by atoms with Crippen molar-refractivity contribution in [2.24, 2.45) is 0 Å². The quantitative estimate of drug-likeness (QED) is 0.746. The van der Waals surface area contributed by atoms with Crippen LogP contribution in [0, 0.1) is 5.82 Å². The standard InChI is InChI=1S/C18H16FN3O3/c1-2-25-15-8-7-14-16(22-15)17(23)12(10-20-14)18(24)21-9-11-5-3-4-6-13(11)19/h3-8,10H,2,9H2,1H3,(H,20,23)(H,21,24). The first-order valence-electron chi connectivity index (χ1n) is 7.77. The zero-order chi connectivity index (χ0) is 17.8. The fourth-order valence-electron chi connectivity index (χ4n) is 2.38. The van der Waals surface area contributed by atoms with Crippen molar-refractivity contribution in [1.82, 2.24) is 15.3 Å². The Morgan fingerprint density at radius 3 is 2.84 bits per heavy atom. The highest BCUT2D eigenvalue weighted by atomic mass is 19.1. The SMILES string of the molecule is CCOc1ccc2[nH]cc(C(=O)NCc3ccccc3F)c(=O)c2n1. The van der Waals surface area contributed by atoms with Crippen molar-refractivity contribution in [1.29, 1.82) is 0 Å². The zero-order valence-electron chi connectivity index (χ0n) is 13.5. The fourth-order valence-corrected chi connectivity index (χ4v) is 2.38. The molecule has 0 saturated carbocycles. The van der Waals surface area contributed by atoms with Gasteiger partial charge < -0.3 is 15.0 Å². The second-order valence-electron chi connectivity index (χ2n) is 5.28. The first-order chi connectivity index (χ1) is 12.1. The van der Waals surface area contributed by atoms with Crippen molar-refractivity contribution in [3.63, 3.8) is 0 Å². The molecular formula is C18H16FN3O3. The van der Waals surface area contributed by atoms with E-state index in [0.29, 0.717) is 23.6 Å². The van der Waals surface area contributed by atoms with Gasteiger partial charge in [-0.1, -0.05) is 18.2 Å². The lowest BCUT2D eigenvalue weighted by atomic mass is 10.2. The number of nitrogens with one attached hydrogen (secondary N) is 2. The van der Waals surface area contributed by atoms with Gasteiger partial charge in [-0.15, -0.1) is 0 Å². The second-order valence-corrected chi connectivity index (χ2v) is 5.28. The number of carbonyl (C=O) groups excluding carboxylic acids is 1. The highest BCUT2D eigenvalue weighted by molar-refractivity contribution is 5.96. The molecule has 1 aromatic carbocycles. The van der Waals surface area contributed by atoms with Crippen molar-refractivity contribution < 1.29 is 13.9 Å². The fraction of sp³-hybridized carbons (Fsp3) is 0.167. The molecule has 0 unspecified atom stereocenters. The van der Waals surface area contributed by atoms with Crippen LogP contribution in [0.2, 0.25) is 0 Å². The van der Waals surface area contributed by atoms with Crippen molar-refractivity contribution >= 4 is 16.9 Å². The van der Waals surface area contributed by atoms with Crippen molar-refractivity contribution in [3.05, 3.63) is 69.8 Å². The third kappa shape index (κ3) is 3.50. The normalized spacial score (nSPS) is 10.6. The maximum absolute atomic E-state index is 13.6. The van der Waals surface area contributed by atoms with Crippen LogP contribution in [0.1, 0.15) is 22.8 Å². The molecule has 7 heteroatoms. The van der Waals surface area contributed by atoms with Crippen molar-refractivity contribution in [2.45, 2.75) is 13.5 Å². The topological polar surface area (TPSA) is 84.1 Å². The predicted molar refractivity (Wildman–Crippen MR) is 91.1 cm³/mol. The molecule has 3 rings (SSSR count). The number of rotatable bonds is 5. The van der Waals surface area contributed by atoms with Crippen LogP contribution in [0.15, 0.2) is 47.4 Å². The van der Waals surface area contributed by atoms with Gasteiger partial charge in [0.25, 0.3) is 5.91 Å². The lowest BCUT2D eigenvalue weighted by molar-refractivity contribution is 0.0949. The average Bonchev–Trinajstić information content (AvgIpc) is 2.62. The Balaban J connectivity index is 1.87. The molecule has 0 aliphatic heterocycles. The van der Waals surface area contributed by atoms with E-state index in [0.717, 1.165) is 0 Å². The highest BCUT2D eigenvalue weighted by Crippen LogP contribution is 2.12. The van der Waals surface area contributed by atoms with E-state index >= 15 is 0 Å². The van der Waals surface area contributed by atoms with Gasteiger partial charge in [0.2, 0.25) is 11.3 Å². The molecule has 0 aliphatic carbocycles. The Hall–Kier alpha value is -3.22. The first kappa shape index (κ1) is 16.6. The lowest BCUT2D eigenvalue weighted by Gasteiger charge is -2.07. The van der Waals surface area contributed by atoms with E-state index in [1.165, 1.54) is 12.3 Å². The Kier molecular flexibility index (Phi) is 4.74. The van der Waals surface area contributed by atoms with Gasteiger partial charge in [-0.3, -0.25) is 9.59 Å². The van der Waals surface area contributed by atoms with Crippen molar-refractivity contribution in [3.8, 4) is 5.88 Å². The zero-order valence-corrected chi connectivity index (χ0v) is 13.5. The lowest BCUT2D eigenvalue weighted by Crippen LogP contribution is -2.29. The molecule has 0 fully saturated rings. The molecule has 0 aliphatic rings. The number of aromatic nitrogens is 2. The number of benzene rings is 1. The molecule has 0 spiro atoms. The van der Waals surface area contributed by atoms with Crippen molar-refractivity contribution in [2.75, 3.05) is 6.61 Å². The van der Waals surface area contributed by atoms with Gasteiger partial charge in [0.05, 0.1) is 12.1 Å². The molecule has 2 N–H and O–H groups in total. The molecule has 2 heterocycles. The van der Waals surface area contributed by atoms with Gasteiger partial charge in [-0.25, -0.2) is 9.37 Å². The van der Waals surface area contributed by atoms with Gasteiger partial charge in [-0.05, 0) is 19.1 Å². The van der Waals surface area contributed by atoms with Gasteiger partial charge in [0, 0.05) is 24.4 Å². The van der Waals surface area contributed by atoms with E-state index in [2.05, 4.69) is 15.3 Å². The third-order valence-corrected chi connectivity index (χ3v) is 3.64. The molecule has 25 heavy (non-hydrogen) atoms. The summed E-state index contributed by atoms with van der Waals surface area (Å²) in [6, 6.07) is 9.41. The summed E-state index contributed by atoms with van der Waals surface area (Å²) in [6.45, 7) is 2.21. The smallest absolute Gasteiger partial charge is 0.257 e. The molecule has 3 aromatic rings. The molecule has 128 valence electrons. The van der Waals surface area contributed by atoms with Crippen LogP contribution in [0.5, 0.6) is 5.88 Å². The predicted octanol–water partition coefficient (Wildman–Crippen LogP) is 2.39. The van der Waals surface area contributed by atoms with Gasteiger partial charge >= 0.3 is 0 Å². The number of pyridine rings is 2. The van der Waals surface area contributed by atoms with Crippen LogP contribution in [0.4, 0.5) is 4.39 Å². The van der Waals surface area contributed by atoms with Crippen LogP contribution in [0.3, 0.4) is 0 Å². The van der Waals surface area contributed by atoms with Crippen LogP contribution in [-0.2, 0) is 6.54 Å². The number of amides is 1. The summed E-state index contributed by atoms with van der Waals surface area (Å²) in [5, 5.41) is 2.54. The number of hydrogen-bond acceptors (Lipinski definition) is 4. The van der Waals surface area contributed by atoms with Crippen LogP contribution >= 0.6 is 0 Å². The maximum atomic E-state index is 13.6. The van der Waals surface area contributed by atoms with E-state index in [9.17, 15) is 14.0 Å². The van der Waals surface area contributed by atoms with Gasteiger partial charge in [0.15, 0.2) is 0 Å². The molecule has 1 amide bonds. The second kappa shape index (κ2) is 7.12. The van der Waals surface area contributed by atoms with Gasteiger partial charge in [-0.2, -0.15) is 0 Å². The minimum absolute atomic E-state index is 0.0185. The minimum atomic E-state index is -0.602. The minimum Gasteiger partial charge on any atom is -0.478 e. The average molecular weight is 341 g/mol. The first-order valence-corrected chi connectivity index (χ1v) is 7.77. The summed E-state index contributed by atoms with van der Waals surface area (Å²) in [5.74, 6) is -0.710. The van der Waals surface area contributed by atoms with E-state index in [-0.39, 0.29) is 17.6 Å². The molecule has 0 bridgehead atoms. The van der Waals surface area contributed by atoms with E-state index in [1.54, 1.807) is 30.3 Å². The number of nitrogens with zero attached hydrogens (tertiary/aromatic N) is 1. The monoisotopic (exact) mass is 341 g/mol. The number of H-pyrrole nitrogens is 1. The number of fused-ring (bicyclic) bond motifs is 1. The maximum Gasteiger partial charge on any atom is 0.257 e. The van der Waals surface area contributed by atoms with Crippen LogP contribution in [0.25, 0.3) is 11.0 Å². The van der Waals surface area contributed by atoms with Crippen LogP contribution < -0.4 is 15.5 Å². The van der Waals surface area contributed by atoms with Gasteiger partial charge in [0.1, 0.15) is 16.9 Å². The molecule has 6 nitrogen and oxygen atoms in total. The largest absolute Gasteiger partial charge is 0.478 e. The Morgan fingerprint density at radius 1 is 1.28 bits per heavy atom. The molecule has 0 atom stereocenters. The molecule has 0 saturated heterocycles. The van der Waals surface area contributed by atoms with E-state index in [4.69, 9.17) is 4.74 Å². The number of aromatic amines is 1. The molecule has 0 radical (unpaired) electrons. The van der Waals surface area contributed by atoms with Crippen LogP contribution in [-0.4, -0.2) is 22.5 Å². The number of ether oxygens (including phenoxy) is 1. The number of carbonyl (C=O) groups is 1. The Bertz CT molecular complexity index is 985. The summed E-state index contributed by atoms with van der Waals surface area (Å²) < 4.78 is 18.9. The number of halogens is 1. The summed E-state index contributed by atoms with van der Waals surface area (Å²) in [4.78, 5) is 31.8. The van der Waals surface area contributed by atoms with E-state index < -0.39 is 17.2 Å². The third-order valence-electron chi connectivity index (χ3n) is 3.64. The summed E-state index contributed by atoms with van der Waals surface area (Å²) in [5.41, 5.74) is 0.347. The highest BCUT2D eigenvalue weighted by Gasteiger charge is 2.15. The molecular weight excluding hydrogens is 325 g/mol. The number of hydrogen-bond donors (Lipinski definition) is 2. The Morgan fingerprint density at radius 2 is 2.08 bits per heavy atom.